The van der Waals surface area contributed by atoms with Crippen LogP contribution in [0.15, 0.2) is 4.52 Å². The first kappa shape index (κ1) is 17.6. The summed E-state index contributed by atoms with van der Waals surface area (Å²) in [7, 11) is 0. The quantitative estimate of drug-likeness (QED) is 0.755. The average Bonchev–Trinajstić information content (AvgIpc) is 3.04. The van der Waals surface area contributed by atoms with Crippen LogP contribution in [0.4, 0.5) is 0 Å². The van der Waals surface area contributed by atoms with Crippen LogP contribution in [0.5, 0.6) is 0 Å². The summed E-state index contributed by atoms with van der Waals surface area (Å²) >= 11 is 0. The van der Waals surface area contributed by atoms with Crippen molar-refractivity contribution in [1.29, 1.82) is 0 Å². The molecule has 10 nitrogen and oxygen atoms in total. The highest BCUT2D eigenvalue weighted by Gasteiger charge is 2.42. The highest BCUT2D eigenvalue weighted by molar-refractivity contribution is 5.83. The summed E-state index contributed by atoms with van der Waals surface area (Å²) in [6.45, 7) is 7.07. The van der Waals surface area contributed by atoms with Gasteiger partial charge in [-0.1, -0.05) is 5.16 Å². The van der Waals surface area contributed by atoms with E-state index < -0.39 is 0 Å². The predicted molar refractivity (Wildman–Crippen MR) is 92.2 cm³/mol. The molecular formula is C17H23N7O3. The molecule has 2 amide bonds. The van der Waals surface area contributed by atoms with Gasteiger partial charge in [0.1, 0.15) is 18.1 Å². The van der Waals surface area contributed by atoms with Crippen LogP contribution in [-0.2, 0) is 22.7 Å². The number of carbonyl (C=O) groups excluding carboxylic acids is 2. The van der Waals surface area contributed by atoms with E-state index in [2.05, 4.69) is 20.7 Å². The van der Waals surface area contributed by atoms with Crippen molar-refractivity contribution in [2.45, 2.75) is 52.7 Å². The van der Waals surface area contributed by atoms with Gasteiger partial charge < -0.3 is 14.3 Å². The van der Waals surface area contributed by atoms with Gasteiger partial charge in [-0.3, -0.25) is 9.59 Å². The molecule has 10 heteroatoms. The third kappa shape index (κ3) is 3.19. The molecule has 3 fully saturated rings. The maximum atomic E-state index is 13.0. The van der Waals surface area contributed by atoms with Gasteiger partial charge in [0.2, 0.25) is 11.8 Å². The lowest BCUT2D eigenvalue weighted by molar-refractivity contribution is -0.140. The Hall–Kier alpha value is -2.78. The maximum absolute atomic E-state index is 13.0. The van der Waals surface area contributed by atoms with E-state index in [1.165, 1.54) is 4.68 Å². The Balaban J connectivity index is 1.52. The number of aryl methyl sites for hydroxylation is 3. The predicted octanol–water partition coefficient (Wildman–Crippen LogP) is 0.236. The molecule has 0 radical (unpaired) electrons. The van der Waals surface area contributed by atoms with Gasteiger partial charge in [-0.05, 0) is 44.0 Å². The summed E-state index contributed by atoms with van der Waals surface area (Å²) in [5.41, 5.74) is 1.76. The average molecular weight is 373 g/mol. The van der Waals surface area contributed by atoms with Gasteiger partial charge in [0.25, 0.3) is 0 Å². The first-order valence-electron chi connectivity index (χ1n) is 9.16. The fourth-order valence-electron chi connectivity index (χ4n) is 3.97. The third-order valence-corrected chi connectivity index (χ3v) is 5.65. The van der Waals surface area contributed by atoms with Gasteiger partial charge in [-0.2, -0.15) is 0 Å². The van der Waals surface area contributed by atoms with E-state index in [4.69, 9.17) is 4.52 Å². The Bertz CT molecular complexity index is 854. The van der Waals surface area contributed by atoms with Gasteiger partial charge in [0, 0.05) is 24.7 Å². The maximum Gasteiger partial charge on any atom is 0.244 e. The molecule has 2 unspecified atom stereocenters. The van der Waals surface area contributed by atoms with Crippen LogP contribution in [0.3, 0.4) is 0 Å². The van der Waals surface area contributed by atoms with Crippen molar-refractivity contribution in [2.24, 2.45) is 5.92 Å². The number of carbonyl (C=O) groups is 2. The number of amides is 2. The molecule has 2 aromatic rings. The molecule has 3 saturated heterocycles. The van der Waals surface area contributed by atoms with Crippen LogP contribution in [-0.4, -0.2) is 66.1 Å². The topological polar surface area (TPSA) is 110 Å². The number of tetrazole rings is 1. The van der Waals surface area contributed by atoms with Gasteiger partial charge in [-0.15, -0.1) is 5.10 Å². The third-order valence-electron chi connectivity index (χ3n) is 5.65. The van der Waals surface area contributed by atoms with E-state index >= 15 is 0 Å². The minimum absolute atomic E-state index is 0.00358. The van der Waals surface area contributed by atoms with Crippen molar-refractivity contribution in [2.75, 3.05) is 13.1 Å². The van der Waals surface area contributed by atoms with Crippen molar-refractivity contribution in [3.8, 4) is 0 Å². The number of hydrogen-bond donors (Lipinski definition) is 0. The Morgan fingerprint density at radius 1 is 1.22 bits per heavy atom. The van der Waals surface area contributed by atoms with Crippen LogP contribution >= 0.6 is 0 Å². The van der Waals surface area contributed by atoms with Crippen molar-refractivity contribution in [3.05, 3.63) is 22.8 Å². The lowest BCUT2D eigenvalue weighted by Gasteiger charge is -2.35. The zero-order valence-electron chi connectivity index (χ0n) is 15.8. The second kappa shape index (κ2) is 6.75. The zero-order valence-corrected chi connectivity index (χ0v) is 15.8. The molecule has 0 aliphatic carbocycles. The van der Waals surface area contributed by atoms with E-state index in [0.717, 1.165) is 29.9 Å². The summed E-state index contributed by atoms with van der Waals surface area (Å²) in [6, 6.07) is 0.00358. The van der Waals surface area contributed by atoms with Gasteiger partial charge in [0.05, 0.1) is 18.2 Å². The standard InChI is InChI=1S/C17H23N7O3/c1-10-15(11(2)27-19-10)8-23-14-5-4-13(17(23)26)6-22(7-14)16(25)9-24-12(3)18-20-21-24/h13-14H,4-9H2,1-3H3. The number of hydrogen-bond acceptors (Lipinski definition) is 7. The monoisotopic (exact) mass is 373 g/mol. The molecule has 2 bridgehead atoms. The highest BCUT2D eigenvalue weighted by atomic mass is 16.5. The van der Waals surface area contributed by atoms with E-state index in [9.17, 15) is 9.59 Å². The van der Waals surface area contributed by atoms with Gasteiger partial charge in [-0.25, -0.2) is 4.68 Å². The molecule has 0 aromatic carbocycles. The molecule has 0 spiro atoms. The summed E-state index contributed by atoms with van der Waals surface area (Å²) in [4.78, 5) is 29.5. The summed E-state index contributed by atoms with van der Waals surface area (Å²) in [6.07, 6.45) is 1.71. The molecule has 5 rings (SSSR count). The van der Waals surface area contributed by atoms with Crippen molar-refractivity contribution in [1.82, 2.24) is 35.2 Å². The largest absolute Gasteiger partial charge is 0.361 e. The molecule has 3 aliphatic rings. The lowest BCUT2D eigenvalue weighted by atomic mass is 9.93. The van der Waals surface area contributed by atoms with Crippen LogP contribution < -0.4 is 0 Å². The zero-order chi connectivity index (χ0) is 19.1. The molecule has 144 valence electrons. The number of nitrogens with zero attached hydrogens (tertiary/aromatic N) is 7. The van der Waals surface area contributed by atoms with E-state index in [1.54, 1.807) is 11.8 Å². The van der Waals surface area contributed by atoms with Crippen LogP contribution in [0.1, 0.15) is 35.7 Å². The molecule has 2 atom stereocenters. The van der Waals surface area contributed by atoms with Gasteiger partial charge in [0.15, 0.2) is 0 Å². The fraction of sp³-hybridized carbons (Fsp3) is 0.647. The Morgan fingerprint density at radius 2 is 2.04 bits per heavy atom. The number of aromatic nitrogens is 5. The van der Waals surface area contributed by atoms with E-state index in [-0.39, 0.29) is 30.3 Å². The summed E-state index contributed by atoms with van der Waals surface area (Å²) in [5, 5.41) is 15.2. The van der Waals surface area contributed by atoms with Crippen molar-refractivity contribution in [3.63, 3.8) is 0 Å². The Labute approximate surface area is 156 Å². The SMILES string of the molecule is Cc1noc(C)c1CN1C(=O)C2CCC1CN(C(=O)Cn1nnnc1C)C2. The van der Waals surface area contributed by atoms with Crippen molar-refractivity contribution < 1.29 is 14.1 Å². The second-order valence-electron chi connectivity index (χ2n) is 7.38. The molecule has 3 aliphatic heterocycles. The minimum Gasteiger partial charge on any atom is -0.361 e. The van der Waals surface area contributed by atoms with Crippen molar-refractivity contribution >= 4 is 11.8 Å². The van der Waals surface area contributed by atoms with E-state index in [1.807, 2.05) is 18.7 Å². The molecule has 0 N–H and O–H groups in total. The smallest absolute Gasteiger partial charge is 0.244 e. The summed E-state index contributed by atoms with van der Waals surface area (Å²) in [5.74, 6) is 1.22. The Kier molecular flexibility index (Phi) is 4.40. The van der Waals surface area contributed by atoms with Crippen LogP contribution in [0.2, 0.25) is 0 Å². The molecule has 2 aromatic heterocycles. The lowest BCUT2D eigenvalue weighted by Crippen LogP contribution is -2.47. The molecule has 27 heavy (non-hydrogen) atoms. The minimum atomic E-state index is -0.164. The number of piperidine rings is 1. The first-order valence-corrected chi connectivity index (χ1v) is 9.16. The first-order chi connectivity index (χ1) is 12.9. The second-order valence-corrected chi connectivity index (χ2v) is 7.38. The molecule has 5 heterocycles. The van der Waals surface area contributed by atoms with Crippen LogP contribution in [0, 0.1) is 26.7 Å². The fourth-order valence-corrected chi connectivity index (χ4v) is 3.97. The number of fused-ring (bicyclic) bond motifs is 4. The summed E-state index contributed by atoms with van der Waals surface area (Å²) < 4.78 is 6.72. The van der Waals surface area contributed by atoms with E-state index in [0.29, 0.717) is 25.5 Å². The Morgan fingerprint density at radius 3 is 2.70 bits per heavy atom. The normalized spacial score (nSPS) is 22.4. The molecular weight excluding hydrogens is 350 g/mol. The number of rotatable bonds is 4. The highest BCUT2D eigenvalue weighted by Crippen LogP contribution is 2.31. The van der Waals surface area contributed by atoms with Gasteiger partial charge >= 0.3 is 0 Å². The molecule has 0 saturated carbocycles. The van der Waals surface area contributed by atoms with Crippen LogP contribution in [0.25, 0.3) is 0 Å².